The van der Waals surface area contributed by atoms with Gasteiger partial charge in [-0.2, -0.15) is 0 Å². The van der Waals surface area contributed by atoms with Gasteiger partial charge in [0.15, 0.2) is 0 Å². The molecular weight excluding hydrogens is 250 g/mol. The molecule has 0 saturated carbocycles. The van der Waals surface area contributed by atoms with Crippen LogP contribution in [0.4, 0.5) is 0 Å². The number of para-hydroxylation sites is 1. The maximum absolute atomic E-state index is 10.1. The first-order chi connectivity index (χ1) is 8.72. The third-order valence-electron chi connectivity index (χ3n) is 3.47. The van der Waals surface area contributed by atoms with Gasteiger partial charge in [0.05, 0.1) is 29.4 Å². The second kappa shape index (κ2) is 4.41. The lowest BCUT2D eigenvalue weighted by atomic mass is 9.91. The molecule has 1 aliphatic rings. The third-order valence-corrected chi connectivity index (χ3v) is 3.78. The number of hydrogen-bond donors (Lipinski definition) is 1. The molecule has 0 fully saturated rings. The number of pyridine rings is 1. The van der Waals surface area contributed by atoms with Crippen molar-refractivity contribution in [3.05, 3.63) is 34.5 Å². The minimum Gasteiger partial charge on any atom is -0.496 e. The van der Waals surface area contributed by atoms with E-state index in [1.165, 1.54) is 0 Å². The van der Waals surface area contributed by atoms with Crippen LogP contribution in [0.1, 0.15) is 30.2 Å². The summed E-state index contributed by atoms with van der Waals surface area (Å²) in [4.78, 5) is 4.54. The summed E-state index contributed by atoms with van der Waals surface area (Å²) in [7, 11) is 1.65. The monoisotopic (exact) mass is 263 g/mol. The number of fused-ring (bicyclic) bond motifs is 2. The van der Waals surface area contributed by atoms with Gasteiger partial charge in [0.1, 0.15) is 5.75 Å². The molecule has 1 unspecified atom stereocenters. The molecule has 0 amide bonds. The predicted octanol–water partition coefficient (Wildman–Crippen LogP) is 3.27. The number of methoxy groups -OCH3 is 1. The van der Waals surface area contributed by atoms with Crippen molar-refractivity contribution >= 4 is 22.5 Å². The highest BCUT2D eigenvalue weighted by atomic mass is 35.5. The molecule has 1 aliphatic carbocycles. The van der Waals surface area contributed by atoms with Crippen molar-refractivity contribution in [2.24, 2.45) is 0 Å². The lowest BCUT2D eigenvalue weighted by Gasteiger charge is -2.23. The van der Waals surface area contributed by atoms with Crippen molar-refractivity contribution < 1.29 is 9.84 Å². The Morgan fingerprint density at radius 1 is 1.44 bits per heavy atom. The van der Waals surface area contributed by atoms with Gasteiger partial charge >= 0.3 is 0 Å². The highest BCUT2D eigenvalue weighted by Gasteiger charge is 2.25. The maximum atomic E-state index is 10.1. The Bertz CT molecular complexity index is 612. The lowest BCUT2D eigenvalue weighted by molar-refractivity contribution is 0.151. The van der Waals surface area contributed by atoms with E-state index < -0.39 is 6.10 Å². The fourth-order valence-electron chi connectivity index (χ4n) is 2.64. The van der Waals surface area contributed by atoms with Crippen molar-refractivity contribution in [2.45, 2.75) is 25.4 Å². The van der Waals surface area contributed by atoms with Crippen LogP contribution in [0.5, 0.6) is 5.75 Å². The zero-order valence-corrected chi connectivity index (χ0v) is 10.9. The Morgan fingerprint density at radius 3 is 3.06 bits per heavy atom. The van der Waals surface area contributed by atoms with Gasteiger partial charge in [-0.1, -0.05) is 17.7 Å². The van der Waals surface area contributed by atoms with Gasteiger partial charge in [-0.3, -0.25) is 0 Å². The van der Waals surface area contributed by atoms with Gasteiger partial charge in [0, 0.05) is 10.9 Å². The summed E-state index contributed by atoms with van der Waals surface area (Å²) >= 11 is 6.18. The standard InChI is InChI=1S/C14H14ClNO2/c1-18-14-8-4-2-6-10(15)12(8)16-13-9(14)5-3-7-11(13)17/h2,4,6,11,17H,3,5,7H2,1H3. The Morgan fingerprint density at radius 2 is 2.28 bits per heavy atom. The van der Waals surface area contributed by atoms with E-state index in [9.17, 15) is 5.11 Å². The van der Waals surface area contributed by atoms with Gasteiger partial charge in [-0.15, -0.1) is 0 Å². The molecule has 0 spiro atoms. The van der Waals surface area contributed by atoms with Gasteiger partial charge < -0.3 is 9.84 Å². The second-order valence-corrected chi connectivity index (χ2v) is 4.96. The number of aliphatic hydroxyl groups excluding tert-OH is 1. The number of halogens is 1. The topological polar surface area (TPSA) is 42.4 Å². The zero-order chi connectivity index (χ0) is 12.7. The molecule has 3 rings (SSSR count). The van der Waals surface area contributed by atoms with E-state index in [1.807, 2.05) is 12.1 Å². The number of nitrogens with zero attached hydrogens (tertiary/aromatic N) is 1. The number of rotatable bonds is 1. The number of benzene rings is 1. The molecule has 94 valence electrons. The lowest BCUT2D eigenvalue weighted by Crippen LogP contribution is -2.13. The first kappa shape index (κ1) is 11.8. The smallest absolute Gasteiger partial charge is 0.133 e. The molecule has 3 nitrogen and oxygen atoms in total. The van der Waals surface area contributed by atoms with E-state index in [-0.39, 0.29) is 0 Å². The molecule has 1 heterocycles. The molecule has 1 N–H and O–H groups in total. The molecule has 4 heteroatoms. The van der Waals surface area contributed by atoms with E-state index >= 15 is 0 Å². The number of aliphatic hydroxyl groups is 1. The number of hydrogen-bond acceptors (Lipinski definition) is 3. The van der Waals surface area contributed by atoms with Crippen LogP contribution >= 0.6 is 11.6 Å². The molecule has 0 radical (unpaired) electrons. The van der Waals surface area contributed by atoms with Crippen molar-refractivity contribution in [1.29, 1.82) is 0 Å². The zero-order valence-electron chi connectivity index (χ0n) is 10.1. The molecule has 0 bridgehead atoms. The van der Waals surface area contributed by atoms with Crippen LogP contribution in [-0.2, 0) is 6.42 Å². The van der Waals surface area contributed by atoms with Crippen LogP contribution in [0, 0.1) is 0 Å². The van der Waals surface area contributed by atoms with Crippen LogP contribution in [0.25, 0.3) is 10.9 Å². The minimum absolute atomic E-state index is 0.511. The molecule has 0 saturated heterocycles. The fraction of sp³-hybridized carbons (Fsp3) is 0.357. The quantitative estimate of drug-likeness (QED) is 0.859. The normalized spacial score (nSPS) is 18.7. The summed E-state index contributed by atoms with van der Waals surface area (Å²) in [6.45, 7) is 0. The average molecular weight is 264 g/mol. The van der Waals surface area contributed by atoms with Crippen LogP contribution in [0.3, 0.4) is 0 Å². The second-order valence-electron chi connectivity index (χ2n) is 4.55. The van der Waals surface area contributed by atoms with E-state index in [2.05, 4.69) is 4.98 Å². The predicted molar refractivity (Wildman–Crippen MR) is 71.2 cm³/mol. The Balaban J connectivity index is 2.40. The molecule has 1 aromatic carbocycles. The first-order valence-corrected chi connectivity index (χ1v) is 6.43. The van der Waals surface area contributed by atoms with Gasteiger partial charge in [0.25, 0.3) is 0 Å². The van der Waals surface area contributed by atoms with Gasteiger partial charge in [0.2, 0.25) is 0 Å². The minimum atomic E-state index is -0.511. The van der Waals surface area contributed by atoms with Gasteiger partial charge in [-0.25, -0.2) is 4.98 Å². The fourth-order valence-corrected chi connectivity index (χ4v) is 2.86. The molecule has 1 atom stereocenters. The molecular formula is C14H14ClNO2. The maximum Gasteiger partial charge on any atom is 0.133 e. The van der Waals surface area contributed by atoms with Gasteiger partial charge in [-0.05, 0) is 31.4 Å². The largest absolute Gasteiger partial charge is 0.496 e. The van der Waals surface area contributed by atoms with E-state index in [4.69, 9.17) is 16.3 Å². The number of ether oxygens (including phenoxy) is 1. The van der Waals surface area contributed by atoms with Crippen molar-refractivity contribution in [3.63, 3.8) is 0 Å². The van der Waals surface area contributed by atoms with Crippen LogP contribution in [0.15, 0.2) is 18.2 Å². The summed E-state index contributed by atoms with van der Waals surface area (Å²) in [5.74, 6) is 0.802. The molecule has 2 aromatic rings. The average Bonchev–Trinajstić information content (AvgIpc) is 2.38. The molecule has 0 aliphatic heterocycles. The Hall–Kier alpha value is -1.32. The summed E-state index contributed by atoms with van der Waals surface area (Å²) in [5.41, 5.74) is 2.44. The Labute approximate surface area is 110 Å². The number of aromatic nitrogens is 1. The summed E-state index contributed by atoms with van der Waals surface area (Å²) in [6.07, 6.45) is 2.09. The van der Waals surface area contributed by atoms with E-state index in [1.54, 1.807) is 13.2 Å². The van der Waals surface area contributed by atoms with Crippen molar-refractivity contribution in [3.8, 4) is 5.75 Å². The third kappa shape index (κ3) is 1.66. The first-order valence-electron chi connectivity index (χ1n) is 6.05. The summed E-state index contributed by atoms with van der Waals surface area (Å²) < 4.78 is 5.52. The van der Waals surface area contributed by atoms with Crippen LogP contribution in [0.2, 0.25) is 5.02 Å². The van der Waals surface area contributed by atoms with Crippen molar-refractivity contribution in [2.75, 3.05) is 7.11 Å². The van der Waals surface area contributed by atoms with Crippen LogP contribution in [-0.4, -0.2) is 17.2 Å². The molecule has 18 heavy (non-hydrogen) atoms. The summed E-state index contributed by atoms with van der Waals surface area (Å²) in [5, 5.41) is 11.6. The SMILES string of the molecule is COc1c2c(nc3c(Cl)cccc13)C(O)CCC2. The Kier molecular flexibility index (Phi) is 2.88. The molecule has 1 aromatic heterocycles. The highest BCUT2D eigenvalue weighted by molar-refractivity contribution is 6.35. The summed E-state index contributed by atoms with van der Waals surface area (Å²) in [6, 6.07) is 5.65. The highest BCUT2D eigenvalue weighted by Crippen LogP contribution is 2.40. The van der Waals surface area contributed by atoms with Crippen molar-refractivity contribution in [1.82, 2.24) is 4.98 Å². The van der Waals surface area contributed by atoms with E-state index in [0.29, 0.717) is 10.5 Å². The van der Waals surface area contributed by atoms with E-state index in [0.717, 1.165) is 41.7 Å². The van der Waals surface area contributed by atoms with Crippen LogP contribution < -0.4 is 4.74 Å².